The van der Waals surface area contributed by atoms with E-state index in [2.05, 4.69) is 48.4 Å². The zero-order valence-corrected chi connectivity index (χ0v) is 11.9. The smallest absolute Gasteiger partial charge is 0.152 e. The molecular weight excluding hydrogens is 256 g/mol. The van der Waals surface area contributed by atoms with Gasteiger partial charge in [-0.1, -0.05) is 49.7 Å². The van der Waals surface area contributed by atoms with Gasteiger partial charge in [0, 0.05) is 6.20 Å². The van der Waals surface area contributed by atoms with Crippen molar-refractivity contribution in [2.75, 3.05) is 5.32 Å². The molecule has 1 aliphatic carbocycles. The molecule has 0 radical (unpaired) electrons. The minimum atomic E-state index is 0.170. The maximum Gasteiger partial charge on any atom is 0.152 e. The van der Waals surface area contributed by atoms with E-state index in [0.29, 0.717) is 5.15 Å². The molecule has 3 rings (SSSR count). The van der Waals surface area contributed by atoms with Gasteiger partial charge in [-0.2, -0.15) is 0 Å². The predicted octanol–water partition coefficient (Wildman–Crippen LogP) is 4.47. The number of benzene rings is 1. The van der Waals surface area contributed by atoms with Crippen LogP contribution in [0.2, 0.25) is 5.15 Å². The Morgan fingerprint density at radius 1 is 1.21 bits per heavy atom. The second-order valence-electron chi connectivity index (χ2n) is 5.78. The maximum absolute atomic E-state index is 6.15. The van der Waals surface area contributed by atoms with E-state index in [4.69, 9.17) is 11.6 Å². The summed E-state index contributed by atoms with van der Waals surface area (Å²) in [6, 6.07) is 12.8. The lowest BCUT2D eigenvalue weighted by Gasteiger charge is -2.29. The fraction of sp³-hybridized carbons (Fsp3) is 0.312. The first kappa shape index (κ1) is 12.5. The molecule has 19 heavy (non-hydrogen) atoms. The van der Waals surface area contributed by atoms with Crippen LogP contribution in [-0.4, -0.2) is 4.98 Å². The van der Waals surface area contributed by atoms with Gasteiger partial charge in [0.1, 0.15) is 0 Å². The maximum atomic E-state index is 6.15. The Bertz CT molecular complexity index is 607. The average Bonchev–Trinajstić information content (AvgIpc) is 2.63. The number of pyridine rings is 1. The van der Waals surface area contributed by atoms with E-state index in [-0.39, 0.29) is 11.5 Å². The molecule has 98 valence electrons. The molecule has 0 fully saturated rings. The van der Waals surface area contributed by atoms with Crippen LogP contribution in [0.4, 0.5) is 5.69 Å². The van der Waals surface area contributed by atoms with Gasteiger partial charge >= 0.3 is 0 Å². The van der Waals surface area contributed by atoms with E-state index in [1.807, 2.05) is 12.1 Å². The highest BCUT2D eigenvalue weighted by atomic mass is 35.5. The van der Waals surface area contributed by atoms with Crippen LogP contribution >= 0.6 is 11.6 Å². The summed E-state index contributed by atoms with van der Waals surface area (Å²) < 4.78 is 0. The molecule has 0 bridgehead atoms. The minimum absolute atomic E-state index is 0.170. The number of anilines is 1. The van der Waals surface area contributed by atoms with Gasteiger partial charge in [-0.25, -0.2) is 4.98 Å². The molecule has 1 aliphatic rings. The summed E-state index contributed by atoms with van der Waals surface area (Å²) >= 11 is 6.15. The van der Waals surface area contributed by atoms with Gasteiger partial charge in [-0.15, -0.1) is 0 Å². The van der Waals surface area contributed by atoms with Gasteiger partial charge in [0.25, 0.3) is 0 Å². The molecule has 1 atom stereocenters. The van der Waals surface area contributed by atoms with E-state index in [9.17, 15) is 0 Å². The Balaban J connectivity index is 1.98. The van der Waals surface area contributed by atoms with Crippen LogP contribution in [0.1, 0.15) is 31.0 Å². The standard InChI is InChI=1S/C16H17ClN2/c1-16(2)10-11-6-3-4-7-12(11)14(16)19-13-8-5-9-18-15(13)17/h3-9,14,19H,10H2,1-2H3. The molecule has 1 aromatic carbocycles. The van der Waals surface area contributed by atoms with Crippen molar-refractivity contribution in [1.29, 1.82) is 0 Å². The Labute approximate surface area is 118 Å². The summed E-state index contributed by atoms with van der Waals surface area (Å²) in [5.74, 6) is 0. The van der Waals surface area contributed by atoms with E-state index >= 15 is 0 Å². The van der Waals surface area contributed by atoms with Gasteiger partial charge in [-0.05, 0) is 35.1 Å². The molecular formula is C16H17ClN2. The zero-order chi connectivity index (χ0) is 13.5. The molecule has 0 aliphatic heterocycles. The van der Waals surface area contributed by atoms with Gasteiger partial charge in [0.15, 0.2) is 5.15 Å². The first-order valence-corrected chi connectivity index (χ1v) is 6.90. The highest BCUT2D eigenvalue weighted by Gasteiger charge is 2.38. The highest BCUT2D eigenvalue weighted by Crippen LogP contribution is 2.47. The largest absolute Gasteiger partial charge is 0.375 e. The van der Waals surface area contributed by atoms with Crippen molar-refractivity contribution in [2.24, 2.45) is 5.41 Å². The molecule has 0 amide bonds. The van der Waals surface area contributed by atoms with Crippen molar-refractivity contribution in [2.45, 2.75) is 26.3 Å². The van der Waals surface area contributed by atoms with Gasteiger partial charge in [0.2, 0.25) is 0 Å². The van der Waals surface area contributed by atoms with Crippen LogP contribution in [0.5, 0.6) is 0 Å². The zero-order valence-electron chi connectivity index (χ0n) is 11.2. The second-order valence-corrected chi connectivity index (χ2v) is 6.14. The summed E-state index contributed by atoms with van der Waals surface area (Å²) in [4.78, 5) is 4.13. The van der Waals surface area contributed by atoms with Crippen molar-refractivity contribution < 1.29 is 0 Å². The van der Waals surface area contributed by atoms with Crippen LogP contribution in [0.3, 0.4) is 0 Å². The van der Waals surface area contributed by atoms with Crippen LogP contribution in [0.25, 0.3) is 0 Å². The normalized spacial score (nSPS) is 20.1. The van der Waals surface area contributed by atoms with Crippen molar-refractivity contribution in [3.63, 3.8) is 0 Å². The SMILES string of the molecule is CC1(C)Cc2ccccc2C1Nc1cccnc1Cl. The van der Waals surface area contributed by atoms with Crippen molar-refractivity contribution in [3.8, 4) is 0 Å². The Morgan fingerprint density at radius 2 is 2.00 bits per heavy atom. The van der Waals surface area contributed by atoms with E-state index in [1.54, 1.807) is 6.20 Å². The first-order chi connectivity index (χ1) is 9.08. The third-order valence-corrected chi connectivity index (χ3v) is 4.15. The summed E-state index contributed by atoms with van der Waals surface area (Å²) in [7, 11) is 0. The van der Waals surface area contributed by atoms with E-state index in [1.165, 1.54) is 11.1 Å². The van der Waals surface area contributed by atoms with Crippen LogP contribution in [-0.2, 0) is 6.42 Å². The lowest BCUT2D eigenvalue weighted by Crippen LogP contribution is -2.24. The molecule has 1 unspecified atom stereocenters. The summed E-state index contributed by atoms with van der Waals surface area (Å²) in [5, 5.41) is 4.09. The monoisotopic (exact) mass is 272 g/mol. The Hall–Kier alpha value is -1.54. The van der Waals surface area contributed by atoms with Crippen LogP contribution < -0.4 is 5.32 Å². The van der Waals surface area contributed by atoms with Gasteiger partial charge in [0.05, 0.1) is 11.7 Å². The topological polar surface area (TPSA) is 24.9 Å². The number of aromatic nitrogens is 1. The third kappa shape index (κ3) is 2.21. The molecule has 2 aromatic rings. The quantitative estimate of drug-likeness (QED) is 0.816. The van der Waals surface area contributed by atoms with Crippen molar-refractivity contribution >= 4 is 17.3 Å². The number of fused-ring (bicyclic) bond motifs is 1. The first-order valence-electron chi connectivity index (χ1n) is 6.53. The highest BCUT2D eigenvalue weighted by molar-refractivity contribution is 6.31. The third-order valence-electron chi connectivity index (χ3n) is 3.85. The Kier molecular flexibility index (Phi) is 2.98. The molecule has 0 spiro atoms. The molecule has 1 heterocycles. The fourth-order valence-corrected chi connectivity index (χ4v) is 3.09. The number of hydrogen-bond acceptors (Lipinski definition) is 2. The van der Waals surface area contributed by atoms with E-state index < -0.39 is 0 Å². The summed E-state index contributed by atoms with van der Waals surface area (Å²) in [6.45, 7) is 4.57. The van der Waals surface area contributed by atoms with Crippen LogP contribution in [0, 0.1) is 5.41 Å². The fourth-order valence-electron chi connectivity index (χ4n) is 2.91. The summed E-state index contributed by atoms with van der Waals surface area (Å²) in [5.41, 5.74) is 3.86. The second kappa shape index (κ2) is 4.53. The molecule has 2 nitrogen and oxygen atoms in total. The molecule has 0 saturated carbocycles. The molecule has 1 aromatic heterocycles. The molecule has 1 N–H and O–H groups in total. The lowest BCUT2D eigenvalue weighted by molar-refractivity contribution is 0.337. The van der Waals surface area contributed by atoms with Gasteiger partial charge in [-0.3, -0.25) is 0 Å². The summed E-state index contributed by atoms with van der Waals surface area (Å²) in [6.07, 6.45) is 2.79. The number of nitrogens with zero attached hydrogens (tertiary/aromatic N) is 1. The van der Waals surface area contributed by atoms with Crippen molar-refractivity contribution in [1.82, 2.24) is 4.98 Å². The predicted molar refractivity (Wildman–Crippen MR) is 79.5 cm³/mol. The number of rotatable bonds is 2. The number of nitrogens with one attached hydrogen (secondary N) is 1. The van der Waals surface area contributed by atoms with Crippen LogP contribution in [0.15, 0.2) is 42.6 Å². The number of hydrogen-bond donors (Lipinski definition) is 1. The van der Waals surface area contributed by atoms with Crippen molar-refractivity contribution in [3.05, 3.63) is 58.9 Å². The lowest BCUT2D eigenvalue weighted by atomic mass is 9.85. The van der Waals surface area contributed by atoms with Gasteiger partial charge < -0.3 is 5.32 Å². The minimum Gasteiger partial charge on any atom is -0.375 e. The van der Waals surface area contributed by atoms with E-state index in [0.717, 1.165) is 12.1 Å². The molecule has 3 heteroatoms. The number of halogens is 1. The Morgan fingerprint density at radius 3 is 2.79 bits per heavy atom. The molecule has 0 saturated heterocycles. The average molecular weight is 273 g/mol.